The number of aliphatic carboxylic acids is 1. The van der Waals surface area contributed by atoms with Gasteiger partial charge in [-0.3, -0.25) is 0 Å². The summed E-state index contributed by atoms with van der Waals surface area (Å²) in [5.74, 6) is 3.42. The summed E-state index contributed by atoms with van der Waals surface area (Å²) in [4.78, 5) is 21.0. The Bertz CT molecular complexity index is 1820. The van der Waals surface area contributed by atoms with Crippen molar-refractivity contribution in [1.82, 2.24) is 9.97 Å². The van der Waals surface area contributed by atoms with Crippen LogP contribution in [-0.4, -0.2) is 40.4 Å². The Morgan fingerprint density at radius 3 is 1.71 bits per heavy atom. The lowest BCUT2D eigenvalue weighted by molar-refractivity contribution is -0.163. The minimum atomic E-state index is -1.18. The van der Waals surface area contributed by atoms with E-state index < -0.39 is 11.6 Å². The van der Waals surface area contributed by atoms with E-state index in [1.807, 2.05) is 0 Å². The van der Waals surface area contributed by atoms with Gasteiger partial charge in [0.05, 0.1) is 12.3 Å². The summed E-state index contributed by atoms with van der Waals surface area (Å²) in [6.45, 7) is 25.4. The van der Waals surface area contributed by atoms with Gasteiger partial charge >= 0.3 is 5.97 Å². The first kappa shape index (κ1) is 44.7. The van der Waals surface area contributed by atoms with Gasteiger partial charge < -0.3 is 23.4 Å². The molecule has 1 fully saturated rings. The summed E-state index contributed by atoms with van der Waals surface area (Å²) >= 11 is 2.34. The smallest absolute Gasteiger partial charge is 0.335 e. The molecule has 2 aromatic heterocycles. The molecule has 0 amide bonds. The average Bonchev–Trinajstić information content (AvgIpc) is 3.77. The first-order chi connectivity index (χ1) is 25.7. The van der Waals surface area contributed by atoms with Crippen LogP contribution in [0, 0.1) is 11.8 Å². The van der Waals surface area contributed by atoms with Gasteiger partial charge in [-0.2, -0.15) is 0 Å². The third-order valence-electron chi connectivity index (χ3n) is 10.5. The highest BCUT2D eigenvalue weighted by Crippen LogP contribution is 2.43. The number of ether oxygens (including phenoxy) is 2. The molecule has 1 aliphatic rings. The van der Waals surface area contributed by atoms with E-state index in [9.17, 15) is 9.90 Å². The zero-order valence-electron chi connectivity index (χ0n) is 35.5. The predicted molar refractivity (Wildman–Crippen MR) is 230 cm³/mol. The minimum Gasteiger partial charge on any atom is -0.479 e. The van der Waals surface area contributed by atoms with Gasteiger partial charge in [-0.15, -0.1) is 0 Å². The van der Waals surface area contributed by atoms with Crippen LogP contribution in [-0.2, 0) is 29.5 Å². The molecular formula is C46H65IN2O6. The molecule has 55 heavy (non-hydrogen) atoms. The van der Waals surface area contributed by atoms with Crippen LogP contribution in [0.2, 0.25) is 0 Å². The molecule has 0 saturated heterocycles. The van der Waals surface area contributed by atoms with Gasteiger partial charge in [0.25, 0.3) is 0 Å². The number of carboxylic acid groups (broad SMARTS) is 1. The third-order valence-corrected chi connectivity index (χ3v) is 11.3. The van der Waals surface area contributed by atoms with Crippen molar-refractivity contribution in [2.24, 2.45) is 11.8 Å². The molecule has 2 aromatic carbocycles. The van der Waals surface area contributed by atoms with Gasteiger partial charge in [0.2, 0.25) is 11.8 Å². The lowest BCUT2D eigenvalue weighted by Crippen LogP contribution is -2.37. The first-order valence-corrected chi connectivity index (χ1v) is 21.4. The second kappa shape index (κ2) is 18.5. The fourth-order valence-electron chi connectivity index (χ4n) is 7.02. The number of hydrogen-bond acceptors (Lipinski definition) is 7. The van der Waals surface area contributed by atoms with Crippen molar-refractivity contribution in [1.29, 1.82) is 0 Å². The normalized spacial score (nSPS) is 17.3. The number of nitrogens with zero attached hydrogens (tertiary/aromatic N) is 2. The molecule has 1 aliphatic carbocycles. The Morgan fingerprint density at radius 1 is 0.800 bits per heavy atom. The van der Waals surface area contributed by atoms with E-state index in [0.717, 1.165) is 70.0 Å². The Hall–Kier alpha value is -3.02. The van der Waals surface area contributed by atoms with Crippen molar-refractivity contribution in [2.75, 3.05) is 13.7 Å². The van der Waals surface area contributed by atoms with E-state index in [1.165, 1.54) is 11.1 Å². The predicted octanol–water partition coefficient (Wildman–Crippen LogP) is 12.8. The van der Waals surface area contributed by atoms with Crippen LogP contribution in [0.15, 0.2) is 57.4 Å². The van der Waals surface area contributed by atoms with E-state index >= 15 is 0 Å². The van der Waals surface area contributed by atoms with Crippen molar-refractivity contribution in [2.45, 2.75) is 148 Å². The molecular weight excluding hydrogens is 803 g/mol. The summed E-state index contributed by atoms with van der Waals surface area (Å²) in [7, 11) is 1.74. The summed E-state index contributed by atoms with van der Waals surface area (Å²) in [6.07, 6.45) is 3.87. The van der Waals surface area contributed by atoms with Gasteiger partial charge in [-0.25, -0.2) is 14.8 Å². The Labute approximate surface area is 343 Å². The van der Waals surface area contributed by atoms with Crippen molar-refractivity contribution >= 4 is 28.6 Å². The lowest BCUT2D eigenvalue weighted by Gasteiger charge is -2.34. The molecule has 2 heterocycles. The molecule has 0 bridgehead atoms. The minimum absolute atomic E-state index is 0.0887. The molecule has 1 saturated carbocycles. The first-order valence-electron chi connectivity index (χ1n) is 19.8. The Morgan fingerprint density at radius 2 is 1.29 bits per heavy atom. The van der Waals surface area contributed by atoms with Crippen LogP contribution in [0.3, 0.4) is 0 Å². The average molecular weight is 869 g/mol. The zero-order valence-corrected chi connectivity index (χ0v) is 37.7. The highest BCUT2D eigenvalue weighted by Gasteiger charge is 2.36. The number of carbonyl (C=O) groups is 1. The van der Waals surface area contributed by atoms with Crippen molar-refractivity contribution in [3.8, 4) is 22.9 Å². The Balaban J connectivity index is 0.000000284. The van der Waals surface area contributed by atoms with Crippen LogP contribution in [0.5, 0.6) is 0 Å². The van der Waals surface area contributed by atoms with Crippen LogP contribution < -0.4 is 0 Å². The largest absolute Gasteiger partial charge is 0.479 e. The van der Waals surface area contributed by atoms with Crippen LogP contribution in [0.4, 0.5) is 0 Å². The quantitative estimate of drug-likeness (QED) is 0.111. The highest BCUT2D eigenvalue weighted by atomic mass is 127. The SMILES string of the molecule is CC(C)c1oc(-c2ccc(C(C)(C)C)cc2)nc1CI.COC(c1nc(-c2ccc(C(C)(C)C)cc2)oc1C(C)C)[C@H]1CCC[C@@H](COC(C)(C)C(=O)O)C1. The van der Waals surface area contributed by atoms with Crippen molar-refractivity contribution < 1.29 is 28.2 Å². The van der Waals surface area contributed by atoms with Gasteiger partial charge in [0.1, 0.15) is 23.3 Å². The molecule has 5 rings (SSSR count). The monoisotopic (exact) mass is 868 g/mol. The Kier molecular flexibility index (Phi) is 15.0. The van der Waals surface area contributed by atoms with Crippen LogP contribution >= 0.6 is 22.6 Å². The molecule has 3 atom stereocenters. The fraction of sp³-hybridized carbons (Fsp3) is 0.587. The molecule has 0 aliphatic heterocycles. The number of oxazole rings is 2. The highest BCUT2D eigenvalue weighted by molar-refractivity contribution is 14.1. The van der Waals surface area contributed by atoms with Gasteiger partial charge in [-0.1, -0.05) is 123 Å². The molecule has 0 spiro atoms. The molecule has 1 unspecified atom stereocenters. The number of aromatic nitrogens is 2. The van der Waals surface area contributed by atoms with Gasteiger partial charge in [-0.05, 0) is 91.2 Å². The second-order valence-electron chi connectivity index (χ2n) is 18.3. The molecule has 1 N–H and O–H groups in total. The number of benzene rings is 2. The van der Waals surface area contributed by atoms with E-state index in [0.29, 0.717) is 24.3 Å². The van der Waals surface area contributed by atoms with Crippen LogP contribution in [0.25, 0.3) is 22.9 Å². The summed E-state index contributed by atoms with van der Waals surface area (Å²) in [6, 6.07) is 17.0. The zero-order chi connectivity index (χ0) is 40.9. The lowest BCUT2D eigenvalue weighted by atomic mass is 9.77. The number of halogens is 1. The van der Waals surface area contributed by atoms with Crippen molar-refractivity contribution in [3.05, 3.63) is 82.6 Å². The fourth-order valence-corrected chi connectivity index (χ4v) is 7.56. The third kappa shape index (κ3) is 11.5. The maximum atomic E-state index is 11.4. The number of alkyl halides is 1. The summed E-state index contributed by atoms with van der Waals surface area (Å²) in [5, 5.41) is 9.37. The van der Waals surface area contributed by atoms with Crippen molar-refractivity contribution in [3.63, 3.8) is 0 Å². The summed E-state index contributed by atoms with van der Waals surface area (Å²) in [5.41, 5.74) is 5.64. The molecule has 302 valence electrons. The maximum absolute atomic E-state index is 11.4. The number of hydrogen-bond donors (Lipinski definition) is 1. The molecule has 4 aromatic rings. The number of methoxy groups -OCH3 is 1. The van der Waals surface area contributed by atoms with E-state index in [2.05, 4.69) is 145 Å². The summed E-state index contributed by atoms with van der Waals surface area (Å²) < 4.78 is 25.0. The standard InChI is InChI=1S/C29H43NO5.C17H22INO/c1-18(2)24-23(30-26(35-24)20-12-14-22(15-13-20)28(3,4)5)25(33-8)21-11-9-10-19(16-21)17-34-29(6,7)27(31)32;1-11(2)15-14(10-18)19-16(20-15)12-6-8-13(9-7-12)17(3,4)5/h12-15,18-19,21,25H,9-11,16-17H2,1-8H3,(H,31,32);6-9,11H,10H2,1-5H3/t19-,21+,25?;/m1./s1. The van der Waals surface area contributed by atoms with E-state index in [1.54, 1.807) is 21.0 Å². The van der Waals surface area contributed by atoms with E-state index in [-0.39, 0.29) is 28.8 Å². The van der Waals surface area contributed by atoms with Crippen LogP contribution in [0.1, 0.15) is 161 Å². The number of rotatable bonds is 12. The second-order valence-corrected chi connectivity index (χ2v) is 19.0. The topological polar surface area (TPSA) is 108 Å². The maximum Gasteiger partial charge on any atom is 0.335 e. The number of carboxylic acids is 1. The van der Waals surface area contributed by atoms with Gasteiger partial charge in [0.15, 0.2) is 5.60 Å². The van der Waals surface area contributed by atoms with Gasteiger partial charge in [0, 0.05) is 34.5 Å². The molecule has 8 nitrogen and oxygen atoms in total. The molecule has 0 radical (unpaired) electrons. The van der Waals surface area contributed by atoms with E-state index in [4.69, 9.17) is 23.3 Å². The molecule has 9 heteroatoms.